The molecule has 2 fully saturated rings. The number of nitrogens with two attached hydrogens (primary N) is 1. The number of carbonyl (C=O) groups is 1. The average Bonchev–Trinajstić information content (AvgIpc) is 3.33. The Bertz CT molecular complexity index is 821. The standard InChI is InChI=1S/C21H25F2N3O2/c22-15-3-4-18(23)17(5-15)20-19(24)6-16(11-28-20)25-7-13-9-26(10-14(13)8-25)21(27)12-1-2-12/h3-5,12,16,19-20H,1-2,6-11,24H2. The van der Waals surface area contributed by atoms with Crippen LogP contribution in [0.4, 0.5) is 8.78 Å². The molecule has 1 saturated carbocycles. The third kappa shape index (κ3) is 3.25. The van der Waals surface area contributed by atoms with Gasteiger partial charge < -0.3 is 15.4 Å². The van der Waals surface area contributed by atoms with Gasteiger partial charge in [-0.15, -0.1) is 0 Å². The molecule has 5 rings (SSSR count). The number of carbonyl (C=O) groups excluding carboxylic acids is 1. The van der Waals surface area contributed by atoms with E-state index in [1.165, 1.54) is 17.2 Å². The maximum absolute atomic E-state index is 14.1. The molecule has 3 unspecified atom stereocenters. The smallest absolute Gasteiger partial charge is 0.226 e. The lowest BCUT2D eigenvalue weighted by Gasteiger charge is -2.39. The third-order valence-corrected chi connectivity index (χ3v) is 6.47. The van der Waals surface area contributed by atoms with Crippen molar-refractivity contribution in [1.29, 1.82) is 0 Å². The maximum atomic E-state index is 14.1. The van der Waals surface area contributed by atoms with Gasteiger partial charge in [0.05, 0.1) is 6.61 Å². The van der Waals surface area contributed by atoms with E-state index in [1.54, 1.807) is 0 Å². The van der Waals surface area contributed by atoms with Gasteiger partial charge in [-0.1, -0.05) is 0 Å². The van der Waals surface area contributed by atoms with E-state index in [9.17, 15) is 13.6 Å². The molecule has 1 aromatic rings. The van der Waals surface area contributed by atoms with Gasteiger partial charge in [0.25, 0.3) is 0 Å². The van der Waals surface area contributed by atoms with E-state index in [2.05, 4.69) is 4.90 Å². The first-order valence-electron chi connectivity index (χ1n) is 10.0. The van der Waals surface area contributed by atoms with E-state index in [0.717, 1.165) is 51.2 Å². The minimum absolute atomic E-state index is 0.154. The van der Waals surface area contributed by atoms with E-state index < -0.39 is 23.8 Å². The summed E-state index contributed by atoms with van der Waals surface area (Å²) in [4.78, 5) is 16.6. The summed E-state index contributed by atoms with van der Waals surface area (Å²) in [5, 5.41) is 0. The van der Waals surface area contributed by atoms with Gasteiger partial charge in [0, 0.05) is 49.7 Å². The zero-order chi connectivity index (χ0) is 19.4. The van der Waals surface area contributed by atoms with E-state index >= 15 is 0 Å². The van der Waals surface area contributed by atoms with Crippen LogP contribution in [0.5, 0.6) is 0 Å². The lowest BCUT2D eigenvalue weighted by Crippen LogP contribution is -2.49. The molecule has 1 aliphatic carbocycles. The number of rotatable bonds is 3. The van der Waals surface area contributed by atoms with Crippen LogP contribution >= 0.6 is 0 Å². The number of nitrogens with zero attached hydrogens (tertiary/aromatic N) is 2. The van der Waals surface area contributed by atoms with Gasteiger partial charge in [-0.25, -0.2) is 8.78 Å². The molecule has 150 valence electrons. The summed E-state index contributed by atoms with van der Waals surface area (Å²) in [6, 6.07) is 3.16. The zero-order valence-electron chi connectivity index (χ0n) is 15.7. The van der Waals surface area contributed by atoms with E-state index in [0.29, 0.717) is 18.9 Å². The number of amides is 1. The van der Waals surface area contributed by atoms with Crippen LogP contribution in [0.2, 0.25) is 0 Å². The fraction of sp³-hybridized carbons (Fsp3) is 0.571. The summed E-state index contributed by atoms with van der Waals surface area (Å²) in [6.45, 7) is 3.61. The topological polar surface area (TPSA) is 58.8 Å². The van der Waals surface area contributed by atoms with Crippen molar-refractivity contribution >= 4 is 5.91 Å². The number of ether oxygens (including phenoxy) is 1. The first kappa shape index (κ1) is 18.2. The van der Waals surface area contributed by atoms with Crippen LogP contribution < -0.4 is 5.73 Å². The highest BCUT2D eigenvalue weighted by Crippen LogP contribution is 2.37. The van der Waals surface area contributed by atoms with Crippen molar-refractivity contribution < 1.29 is 18.3 Å². The highest BCUT2D eigenvalue weighted by Gasteiger charge is 2.41. The van der Waals surface area contributed by atoms with Crippen LogP contribution in [0, 0.1) is 17.6 Å². The summed E-state index contributed by atoms with van der Waals surface area (Å²) in [5.74, 6) is -0.396. The molecule has 5 nitrogen and oxygen atoms in total. The minimum atomic E-state index is -0.624. The molecule has 4 aliphatic rings. The van der Waals surface area contributed by atoms with Crippen molar-refractivity contribution in [1.82, 2.24) is 9.80 Å². The molecule has 0 bridgehead atoms. The first-order valence-corrected chi connectivity index (χ1v) is 10.0. The highest BCUT2D eigenvalue weighted by molar-refractivity contribution is 5.82. The Kier molecular flexibility index (Phi) is 4.49. The number of benzene rings is 1. The van der Waals surface area contributed by atoms with E-state index in [1.807, 2.05) is 4.90 Å². The summed E-state index contributed by atoms with van der Waals surface area (Å²) in [7, 11) is 0. The molecule has 3 aliphatic heterocycles. The molecular formula is C21H25F2N3O2. The number of halogens is 2. The SMILES string of the molecule is NC1CC(N2CC3=C(CN(C(=O)C4CC4)C3)C2)COC1c1cc(F)ccc1F. The number of hydrogen-bond donors (Lipinski definition) is 1. The summed E-state index contributed by atoms with van der Waals surface area (Å²) >= 11 is 0. The summed E-state index contributed by atoms with van der Waals surface area (Å²) in [6.07, 6.45) is 2.12. The van der Waals surface area contributed by atoms with Crippen molar-refractivity contribution in [2.75, 3.05) is 32.8 Å². The number of hydrogen-bond acceptors (Lipinski definition) is 4. The lowest BCUT2D eigenvalue weighted by atomic mass is 9.93. The van der Waals surface area contributed by atoms with E-state index in [4.69, 9.17) is 10.5 Å². The van der Waals surface area contributed by atoms with Gasteiger partial charge in [0.15, 0.2) is 0 Å². The van der Waals surface area contributed by atoms with Crippen molar-refractivity contribution in [2.45, 2.75) is 37.5 Å². The van der Waals surface area contributed by atoms with Gasteiger partial charge >= 0.3 is 0 Å². The Morgan fingerprint density at radius 2 is 1.82 bits per heavy atom. The van der Waals surface area contributed by atoms with Crippen LogP contribution in [0.15, 0.2) is 29.3 Å². The Labute approximate surface area is 163 Å². The average molecular weight is 389 g/mol. The minimum Gasteiger partial charge on any atom is -0.370 e. The fourth-order valence-electron chi connectivity index (χ4n) is 4.76. The van der Waals surface area contributed by atoms with Gasteiger partial charge in [0.1, 0.15) is 17.7 Å². The van der Waals surface area contributed by atoms with Crippen molar-refractivity contribution in [3.05, 3.63) is 46.5 Å². The van der Waals surface area contributed by atoms with Crippen molar-refractivity contribution in [2.24, 2.45) is 11.7 Å². The predicted molar refractivity (Wildman–Crippen MR) is 99.3 cm³/mol. The molecule has 3 heterocycles. The zero-order valence-corrected chi connectivity index (χ0v) is 15.7. The molecule has 0 radical (unpaired) electrons. The Hall–Kier alpha value is -1.83. The summed E-state index contributed by atoms with van der Waals surface area (Å²) in [5.41, 5.74) is 9.19. The second kappa shape index (κ2) is 6.90. The molecule has 1 aromatic carbocycles. The van der Waals surface area contributed by atoms with Gasteiger partial charge in [-0.3, -0.25) is 9.69 Å². The van der Waals surface area contributed by atoms with Crippen LogP contribution in [-0.4, -0.2) is 60.6 Å². The van der Waals surface area contributed by atoms with Crippen LogP contribution in [-0.2, 0) is 9.53 Å². The second-order valence-electron chi connectivity index (χ2n) is 8.55. The maximum Gasteiger partial charge on any atom is 0.226 e. The molecule has 28 heavy (non-hydrogen) atoms. The largest absolute Gasteiger partial charge is 0.370 e. The lowest BCUT2D eigenvalue weighted by molar-refractivity contribution is -0.131. The third-order valence-electron chi connectivity index (χ3n) is 6.47. The monoisotopic (exact) mass is 389 g/mol. The van der Waals surface area contributed by atoms with E-state index in [-0.39, 0.29) is 17.5 Å². The molecule has 0 spiro atoms. The van der Waals surface area contributed by atoms with Gasteiger partial charge in [0.2, 0.25) is 5.91 Å². The van der Waals surface area contributed by atoms with Crippen LogP contribution in [0.25, 0.3) is 0 Å². The molecule has 2 N–H and O–H groups in total. The van der Waals surface area contributed by atoms with Crippen molar-refractivity contribution in [3.8, 4) is 0 Å². The van der Waals surface area contributed by atoms with Gasteiger partial charge in [-0.2, -0.15) is 0 Å². The normalized spacial score (nSPS) is 30.8. The van der Waals surface area contributed by atoms with Crippen molar-refractivity contribution in [3.63, 3.8) is 0 Å². The molecule has 7 heteroatoms. The Morgan fingerprint density at radius 3 is 2.46 bits per heavy atom. The predicted octanol–water partition coefficient (Wildman–Crippen LogP) is 1.99. The molecule has 1 saturated heterocycles. The highest BCUT2D eigenvalue weighted by atomic mass is 19.1. The second-order valence-corrected chi connectivity index (χ2v) is 8.55. The van der Waals surface area contributed by atoms with Crippen LogP contribution in [0.1, 0.15) is 30.9 Å². The fourth-order valence-corrected chi connectivity index (χ4v) is 4.76. The quantitative estimate of drug-likeness (QED) is 0.804. The Morgan fingerprint density at radius 1 is 1.11 bits per heavy atom. The molecule has 3 atom stereocenters. The van der Waals surface area contributed by atoms with Gasteiger partial charge in [-0.05, 0) is 48.6 Å². The summed E-state index contributed by atoms with van der Waals surface area (Å²) < 4.78 is 33.5. The molecular weight excluding hydrogens is 364 g/mol. The molecule has 1 amide bonds. The Balaban J connectivity index is 1.19. The van der Waals surface area contributed by atoms with Crippen LogP contribution in [0.3, 0.4) is 0 Å². The molecule has 0 aromatic heterocycles. The first-order chi connectivity index (χ1) is 13.5.